The number of aryl methyl sites for hydroxylation is 1. The molecule has 8 heteroatoms. The lowest BCUT2D eigenvalue weighted by atomic mass is 10.1. The van der Waals surface area contributed by atoms with Crippen LogP contribution in [0.5, 0.6) is 0 Å². The SMILES string of the molecule is Cc1ccc(-c2n[nH]c(=S)n2CC(=O)NCCCN2CCOCC2)cc1. The minimum atomic E-state index is -0.0576. The molecular weight excluding hydrogens is 350 g/mol. The van der Waals surface area contributed by atoms with Gasteiger partial charge in [0.15, 0.2) is 10.6 Å². The van der Waals surface area contributed by atoms with Gasteiger partial charge in [-0.05, 0) is 32.1 Å². The lowest BCUT2D eigenvalue weighted by Gasteiger charge is -2.26. The number of carbonyl (C=O) groups is 1. The average Bonchev–Trinajstić information content (AvgIpc) is 3.01. The second-order valence-corrected chi connectivity index (χ2v) is 6.85. The molecule has 2 aromatic rings. The van der Waals surface area contributed by atoms with E-state index < -0.39 is 0 Å². The van der Waals surface area contributed by atoms with E-state index in [9.17, 15) is 4.79 Å². The van der Waals surface area contributed by atoms with Crippen LogP contribution < -0.4 is 5.32 Å². The van der Waals surface area contributed by atoms with Crippen molar-refractivity contribution in [1.82, 2.24) is 25.0 Å². The summed E-state index contributed by atoms with van der Waals surface area (Å²) in [4.78, 5) is 14.7. The number of aromatic amines is 1. The summed E-state index contributed by atoms with van der Waals surface area (Å²) in [6, 6.07) is 8.00. The molecule has 0 radical (unpaired) electrons. The number of H-pyrrole nitrogens is 1. The Balaban J connectivity index is 1.52. The fourth-order valence-electron chi connectivity index (χ4n) is 2.94. The van der Waals surface area contributed by atoms with Crippen molar-refractivity contribution >= 4 is 18.1 Å². The maximum absolute atomic E-state index is 12.3. The van der Waals surface area contributed by atoms with E-state index in [1.54, 1.807) is 4.57 Å². The number of morpholine rings is 1. The van der Waals surface area contributed by atoms with Crippen molar-refractivity contribution in [2.75, 3.05) is 39.4 Å². The molecule has 1 amide bonds. The van der Waals surface area contributed by atoms with Crippen LogP contribution >= 0.6 is 12.2 Å². The topological polar surface area (TPSA) is 75.2 Å². The molecule has 1 aromatic heterocycles. The van der Waals surface area contributed by atoms with Crippen LogP contribution in [-0.4, -0.2) is 65.0 Å². The predicted octanol–water partition coefficient (Wildman–Crippen LogP) is 1.75. The molecule has 3 rings (SSSR count). The number of aromatic nitrogens is 3. The van der Waals surface area contributed by atoms with Gasteiger partial charge in [-0.2, -0.15) is 5.10 Å². The van der Waals surface area contributed by atoms with Gasteiger partial charge in [-0.1, -0.05) is 29.8 Å². The van der Waals surface area contributed by atoms with Gasteiger partial charge >= 0.3 is 0 Å². The summed E-state index contributed by atoms with van der Waals surface area (Å²) < 4.78 is 7.52. The van der Waals surface area contributed by atoms with Gasteiger partial charge in [0, 0.05) is 25.2 Å². The molecule has 0 saturated carbocycles. The average molecular weight is 375 g/mol. The van der Waals surface area contributed by atoms with Crippen LogP contribution in [0.15, 0.2) is 24.3 Å². The molecule has 2 heterocycles. The fourth-order valence-corrected chi connectivity index (χ4v) is 3.14. The number of hydrogen-bond donors (Lipinski definition) is 2. The Labute approximate surface area is 158 Å². The zero-order chi connectivity index (χ0) is 18.4. The molecule has 1 aliphatic rings. The van der Waals surface area contributed by atoms with E-state index in [0.29, 0.717) is 17.1 Å². The standard InChI is InChI=1S/C18H25N5O2S/c1-14-3-5-15(6-4-14)17-20-21-18(26)23(17)13-16(24)19-7-2-8-22-9-11-25-12-10-22/h3-6H,2,7-13H2,1H3,(H,19,24)(H,21,26). The van der Waals surface area contributed by atoms with Crippen molar-refractivity contribution in [2.24, 2.45) is 0 Å². The van der Waals surface area contributed by atoms with Crippen molar-refractivity contribution in [2.45, 2.75) is 19.9 Å². The first-order valence-electron chi connectivity index (χ1n) is 8.92. The lowest BCUT2D eigenvalue weighted by Crippen LogP contribution is -2.38. The minimum Gasteiger partial charge on any atom is -0.379 e. The number of amides is 1. The first-order valence-corrected chi connectivity index (χ1v) is 9.33. The normalized spacial score (nSPS) is 15.1. The third-order valence-corrected chi connectivity index (χ3v) is 4.76. The first-order chi connectivity index (χ1) is 12.6. The van der Waals surface area contributed by atoms with Crippen molar-refractivity contribution < 1.29 is 9.53 Å². The predicted molar refractivity (Wildman–Crippen MR) is 102 cm³/mol. The Morgan fingerprint density at radius 3 is 2.77 bits per heavy atom. The molecule has 0 unspecified atom stereocenters. The van der Waals surface area contributed by atoms with Gasteiger partial charge in [-0.15, -0.1) is 0 Å². The highest BCUT2D eigenvalue weighted by Crippen LogP contribution is 2.17. The van der Waals surface area contributed by atoms with Crippen LogP contribution in [0, 0.1) is 11.7 Å². The first kappa shape index (κ1) is 18.8. The molecule has 0 bridgehead atoms. The Hall–Kier alpha value is -2.03. The molecule has 0 spiro atoms. The van der Waals surface area contributed by atoms with Crippen LogP contribution in [0.2, 0.25) is 0 Å². The van der Waals surface area contributed by atoms with E-state index in [0.717, 1.165) is 44.8 Å². The summed E-state index contributed by atoms with van der Waals surface area (Å²) >= 11 is 5.28. The summed E-state index contributed by atoms with van der Waals surface area (Å²) in [7, 11) is 0. The van der Waals surface area contributed by atoms with E-state index in [2.05, 4.69) is 20.4 Å². The van der Waals surface area contributed by atoms with Gasteiger partial charge < -0.3 is 10.1 Å². The van der Waals surface area contributed by atoms with Gasteiger partial charge in [0.25, 0.3) is 0 Å². The third kappa shape index (κ3) is 5.00. The second-order valence-electron chi connectivity index (χ2n) is 6.46. The van der Waals surface area contributed by atoms with Crippen molar-refractivity contribution in [3.05, 3.63) is 34.6 Å². The van der Waals surface area contributed by atoms with Crippen molar-refractivity contribution in [3.63, 3.8) is 0 Å². The number of rotatable bonds is 7. The molecule has 2 N–H and O–H groups in total. The minimum absolute atomic E-state index is 0.0576. The Morgan fingerprint density at radius 2 is 2.04 bits per heavy atom. The Morgan fingerprint density at radius 1 is 1.31 bits per heavy atom. The van der Waals surface area contributed by atoms with Crippen LogP contribution in [0.3, 0.4) is 0 Å². The monoisotopic (exact) mass is 375 g/mol. The largest absolute Gasteiger partial charge is 0.379 e. The molecule has 0 atom stereocenters. The molecule has 26 heavy (non-hydrogen) atoms. The van der Waals surface area contributed by atoms with Crippen LogP contribution in [-0.2, 0) is 16.1 Å². The second kappa shape index (κ2) is 9.07. The van der Waals surface area contributed by atoms with Crippen molar-refractivity contribution in [3.8, 4) is 11.4 Å². The van der Waals surface area contributed by atoms with E-state index >= 15 is 0 Å². The number of nitrogens with one attached hydrogen (secondary N) is 2. The van der Waals surface area contributed by atoms with E-state index in [-0.39, 0.29) is 12.5 Å². The van der Waals surface area contributed by atoms with Gasteiger partial charge in [-0.3, -0.25) is 19.4 Å². The molecule has 140 valence electrons. The Bertz CT molecular complexity index is 778. The number of hydrogen-bond acceptors (Lipinski definition) is 5. The maximum atomic E-state index is 12.3. The van der Waals surface area contributed by atoms with Crippen molar-refractivity contribution in [1.29, 1.82) is 0 Å². The zero-order valence-corrected chi connectivity index (χ0v) is 15.8. The fraction of sp³-hybridized carbons (Fsp3) is 0.500. The summed E-state index contributed by atoms with van der Waals surface area (Å²) in [5.74, 6) is 0.622. The number of benzene rings is 1. The molecule has 1 fully saturated rings. The summed E-state index contributed by atoms with van der Waals surface area (Å²) in [6.45, 7) is 7.36. The lowest BCUT2D eigenvalue weighted by molar-refractivity contribution is -0.121. The van der Waals surface area contributed by atoms with Gasteiger partial charge in [0.2, 0.25) is 5.91 Å². The molecular formula is C18H25N5O2S. The Kier molecular flexibility index (Phi) is 6.54. The van der Waals surface area contributed by atoms with E-state index in [1.165, 1.54) is 5.56 Å². The van der Waals surface area contributed by atoms with Gasteiger partial charge in [0.1, 0.15) is 6.54 Å². The zero-order valence-electron chi connectivity index (χ0n) is 15.0. The van der Waals surface area contributed by atoms with Crippen LogP contribution in [0.4, 0.5) is 0 Å². The molecule has 0 aliphatic carbocycles. The molecule has 1 saturated heterocycles. The van der Waals surface area contributed by atoms with Gasteiger partial charge in [0.05, 0.1) is 13.2 Å². The molecule has 7 nitrogen and oxygen atoms in total. The number of nitrogens with zero attached hydrogens (tertiary/aromatic N) is 3. The number of ether oxygens (including phenoxy) is 1. The highest BCUT2D eigenvalue weighted by atomic mass is 32.1. The van der Waals surface area contributed by atoms with E-state index in [4.69, 9.17) is 17.0 Å². The summed E-state index contributed by atoms with van der Waals surface area (Å²) in [5.41, 5.74) is 2.11. The summed E-state index contributed by atoms with van der Waals surface area (Å²) in [5, 5.41) is 10.0. The number of carbonyl (C=O) groups excluding carboxylic acids is 1. The smallest absolute Gasteiger partial charge is 0.240 e. The molecule has 1 aliphatic heterocycles. The highest BCUT2D eigenvalue weighted by molar-refractivity contribution is 7.71. The van der Waals surface area contributed by atoms with Crippen LogP contribution in [0.25, 0.3) is 11.4 Å². The van der Waals surface area contributed by atoms with Crippen LogP contribution in [0.1, 0.15) is 12.0 Å². The molecule has 1 aromatic carbocycles. The third-order valence-electron chi connectivity index (χ3n) is 4.45. The highest BCUT2D eigenvalue weighted by Gasteiger charge is 2.13. The maximum Gasteiger partial charge on any atom is 0.240 e. The van der Waals surface area contributed by atoms with E-state index in [1.807, 2.05) is 31.2 Å². The van der Waals surface area contributed by atoms with Gasteiger partial charge in [-0.25, -0.2) is 0 Å². The summed E-state index contributed by atoms with van der Waals surface area (Å²) in [6.07, 6.45) is 0.924. The quantitative estimate of drug-likeness (QED) is 0.570.